The molecule has 1 unspecified atom stereocenters. The number of rotatable bonds is 6. The highest BCUT2D eigenvalue weighted by molar-refractivity contribution is 7.99. The second-order valence-corrected chi connectivity index (χ2v) is 4.86. The minimum Gasteiger partial charge on any atom is -0.392 e. The van der Waals surface area contributed by atoms with Gasteiger partial charge in [0.2, 0.25) is 0 Å². The quantitative estimate of drug-likeness (QED) is 0.745. The maximum atomic E-state index is 9.95. The molecule has 2 heteroatoms. The van der Waals surface area contributed by atoms with E-state index in [-0.39, 0.29) is 6.10 Å². The molecule has 1 atom stereocenters. The Bertz CT molecular complexity index is 256. The summed E-state index contributed by atoms with van der Waals surface area (Å²) < 4.78 is 0. The summed E-state index contributed by atoms with van der Waals surface area (Å²) in [6.45, 7) is 4.29. The van der Waals surface area contributed by atoms with E-state index in [1.165, 1.54) is 4.90 Å². The normalized spacial score (nSPS) is 13.1. The third-order valence-electron chi connectivity index (χ3n) is 2.76. The summed E-state index contributed by atoms with van der Waals surface area (Å²) in [5, 5.41) is 9.95. The van der Waals surface area contributed by atoms with Crippen LogP contribution in [0.1, 0.15) is 26.7 Å². The van der Waals surface area contributed by atoms with Gasteiger partial charge < -0.3 is 5.11 Å². The zero-order chi connectivity index (χ0) is 11.1. The molecular weight excluding hydrogens is 204 g/mol. The lowest BCUT2D eigenvalue weighted by molar-refractivity contribution is 0.125. The Kier molecular flexibility index (Phi) is 5.81. The summed E-state index contributed by atoms with van der Waals surface area (Å²) in [4.78, 5) is 1.24. The summed E-state index contributed by atoms with van der Waals surface area (Å²) in [6, 6.07) is 10.3. The fraction of sp³-hybridized carbons (Fsp3) is 0.538. The van der Waals surface area contributed by atoms with Gasteiger partial charge in [-0.2, -0.15) is 0 Å². The van der Waals surface area contributed by atoms with Gasteiger partial charge in [0.25, 0.3) is 0 Å². The average molecular weight is 224 g/mol. The molecule has 1 nitrogen and oxygen atoms in total. The van der Waals surface area contributed by atoms with Crippen LogP contribution >= 0.6 is 11.8 Å². The molecule has 15 heavy (non-hydrogen) atoms. The first-order chi connectivity index (χ1) is 7.27. The standard InChI is InChI=1S/C13H20OS/c1-3-11(4-2)13(14)10-15-12-8-6-5-7-9-12/h5-9,11,13-14H,3-4,10H2,1-2H3. The molecule has 0 bridgehead atoms. The van der Waals surface area contributed by atoms with Crippen LogP contribution in [0.3, 0.4) is 0 Å². The lowest BCUT2D eigenvalue weighted by Crippen LogP contribution is -2.21. The Hall–Kier alpha value is -0.470. The summed E-state index contributed by atoms with van der Waals surface area (Å²) >= 11 is 1.74. The van der Waals surface area contributed by atoms with Gasteiger partial charge in [-0.1, -0.05) is 44.9 Å². The largest absolute Gasteiger partial charge is 0.392 e. The third-order valence-corrected chi connectivity index (χ3v) is 3.87. The lowest BCUT2D eigenvalue weighted by Gasteiger charge is -2.19. The van der Waals surface area contributed by atoms with E-state index < -0.39 is 0 Å². The van der Waals surface area contributed by atoms with Crippen molar-refractivity contribution in [3.8, 4) is 0 Å². The molecule has 0 saturated carbocycles. The SMILES string of the molecule is CCC(CC)C(O)CSc1ccccc1. The van der Waals surface area contributed by atoms with Crippen molar-refractivity contribution in [1.29, 1.82) is 0 Å². The maximum Gasteiger partial charge on any atom is 0.0662 e. The van der Waals surface area contributed by atoms with Crippen LogP contribution in [0.5, 0.6) is 0 Å². The highest BCUT2D eigenvalue weighted by Crippen LogP contribution is 2.22. The van der Waals surface area contributed by atoms with Gasteiger partial charge in [0.15, 0.2) is 0 Å². The van der Waals surface area contributed by atoms with Gasteiger partial charge in [-0.25, -0.2) is 0 Å². The van der Waals surface area contributed by atoms with Crippen molar-refractivity contribution in [1.82, 2.24) is 0 Å². The molecule has 1 rings (SSSR count). The van der Waals surface area contributed by atoms with Crippen LogP contribution in [0.2, 0.25) is 0 Å². The number of benzene rings is 1. The number of hydrogen-bond donors (Lipinski definition) is 1. The van der Waals surface area contributed by atoms with Crippen LogP contribution in [0.15, 0.2) is 35.2 Å². The predicted molar refractivity (Wildman–Crippen MR) is 67.2 cm³/mol. The second-order valence-electron chi connectivity index (χ2n) is 3.77. The van der Waals surface area contributed by atoms with E-state index in [0.717, 1.165) is 18.6 Å². The monoisotopic (exact) mass is 224 g/mol. The fourth-order valence-corrected chi connectivity index (χ4v) is 2.65. The number of thioether (sulfide) groups is 1. The van der Waals surface area contributed by atoms with Crippen LogP contribution in [-0.4, -0.2) is 17.0 Å². The molecule has 1 N–H and O–H groups in total. The molecule has 0 radical (unpaired) electrons. The van der Waals surface area contributed by atoms with Gasteiger partial charge in [0, 0.05) is 10.6 Å². The highest BCUT2D eigenvalue weighted by atomic mass is 32.2. The van der Waals surface area contributed by atoms with Crippen LogP contribution in [0.4, 0.5) is 0 Å². The van der Waals surface area contributed by atoms with Crippen molar-refractivity contribution < 1.29 is 5.11 Å². The second kappa shape index (κ2) is 6.91. The van der Waals surface area contributed by atoms with Crippen LogP contribution in [0.25, 0.3) is 0 Å². The van der Waals surface area contributed by atoms with Gasteiger partial charge in [-0.15, -0.1) is 11.8 Å². The van der Waals surface area contributed by atoms with E-state index in [1.807, 2.05) is 18.2 Å². The summed E-state index contributed by atoms with van der Waals surface area (Å²) in [5.74, 6) is 1.25. The number of aliphatic hydroxyl groups excluding tert-OH is 1. The van der Waals surface area contributed by atoms with Crippen LogP contribution < -0.4 is 0 Å². The molecule has 0 heterocycles. The number of aliphatic hydroxyl groups is 1. The van der Waals surface area contributed by atoms with Crippen LogP contribution in [0, 0.1) is 5.92 Å². The number of hydrogen-bond acceptors (Lipinski definition) is 2. The zero-order valence-electron chi connectivity index (χ0n) is 9.52. The first-order valence-electron chi connectivity index (χ1n) is 5.63. The molecule has 0 aromatic heterocycles. The van der Waals surface area contributed by atoms with E-state index >= 15 is 0 Å². The first kappa shape index (κ1) is 12.6. The Morgan fingerprint density at radius 2 is 1.73 bits per heavy atom. The topological polar surface area (TPSA) is 20.2 Å². The Morgan fingerprint density at radius 3 is 2.27 bits per heavy atom. The van der Waals surface area contributed by atoms with Crippen molar-refractivity contribution in [3.63, 3.8) is 0 Å². The van der Waals surface area contributed by atoms with E-state index in [9.17, 15) is 5.11 Å². The summed E-state index contributed by atoms with van der Waals surface area (Å²) in [7, 11) is 0. The fourth-order valence-electron chi connectivity index (χ4n) is 1.67. The molecule has 0 aliphatic rings. The molecule has 0 spiro atoms. The van der Waals surface area contributed by atoms with Gasteiger partial charge in [0.05, 0.1) is 6.10 Å². The minimum absolute atomic E-state index is 0.176. The Balaban J connectivity index is 2.36. The van der Waals surface area contributed by atoms with Crippen molar-refractivity contribution in [2.24, 2.45) is 5.92 Å². The minimum atomic E-state index is -0.176. The molecule has 0 amide bonds. The molecule has 1 aromatic carbocycles. The molecular formula is C13H20OS. The molecule has 0 aliphatic carbocycles. The van der Waals surface area contributed by atoms with Gasteiger partial charge in [0.1, 0.15) is 0 Å². The van der Waals surface area contributed by atoms with Gasteiger partial charge >= 0.3 is 0 Å². The van der Waals surface area contributed by atoms with E-state index in [1.54, 1.807) is 11.8 Å². The zero-order valence-corrected chi connectivity index (χ0v) is 10.3. The lowest BCUT2D eigenvalue weighted by atomic mass is 9.98. The average Bonchev–Trinajstić information content (AvgIpc) is 2.29. The molecule has 84 valence electrons. The van der Waals surface area contributed by atoms with Gasteiger partial charge in [-0.3, -0.25) is 0 Å². The first-order valence-corrected chi connectivity index (χ1v) is 6.62. The summed E-state index contributed by atoms with van der Waals surface area (Å²) in [6.07, 6.45) is 1.95. The van der Waals surface area contributed by atoms with Crippen LogP contribution in [-0.2, 0) is 0 Å². The Labute approximate surface area is 96.9 Å². The maximum absolute atomic E-state index is 9.95. The van der Waals surface area contributed by atoms with Crippen molar-refractivity contribution in [2.75, 3.05) is 5.75 Å². The summed E-state index contributed by atoms with van der Waals surface area (Å²) in [5.41, 5.74) is 0. The smallest absolute Gasteiger partial charge is 0.0662 e. The van der Waals surface area contributed by atoms with Gasteiger partial charge in [-0.05, 0) is 18.1 Å². The highest BCUT2D eigenvalue weighted by Gasteiger charge is 2.15. The van der Waals surface area contributed by atoms with E-state index in [0.29, 0.717) is 5.92 Å². The van der Waals surface area contributed by atoms with E-state index in [4.69, 9.17) is 0 Å². The van der Waals surface area contributed by atoms with Crippen molar-refractivity contribution in [2.45, 2.75) is 37.7 Å². The molecule has 1 aromatic rings. The predicted octanol–water partition coefficient (Wildman–Crippen LogP) is 3.58. The Morgan fingerprint density at radius 1 is 1.13 bits per heavy atom. The third kappa shape index (κ3) is 4.27. The van der Waals surface area contributed by atoms with E-state index in [2.05, 4.69) is 26.0 Å². The van der Waals surface area contributed by atoms with Crippen molar-refractivity contribution >= 4 is 11.8 Å². The molecule has 0 saturated heterocycles. The van der Waals surface area contributed by atoms with Crippen molar-refractivity contribution in [3.05, 3.63) is 30.3 Å². The molecule has 0 fully saturated rings. The molecule has 0 aliphatic heterocycles.